The first kappa shape index (κ1) is 12.5. The zero-order valence-corrected chi connectivity index (χ0v) is 8.71. The van der Waals surface area contributed by atoms with E-state index in [0.717, 1.165) is 13.0 Å². The second-order valence-electron chi connectivity index (χ2n) is 3.36. The van der Waals surface area contributed by atoms with Crippen molar-refractivity contribution in [2.45, 2.75) is 26.7 Å². The molecule has 0 spiro atoms. The molecule has 76 valence electrons. The highest BCUT2D eigenvalue weighted by Gasteiger charge is 1.93. The summed E-state index contributed by atoms with van der Waals surface area (Å²) in [4.78, 5) is 0. The van der Waals surface area contributed by atoms with Crippen LogP contribution in [0.5, 0.6) is 0 Å². The molecule has 2 nitrogen and oxygen atoms in total. The van der Waals surface area contributed by atoms with E-state index in [1.54, 1.807) is 0 Å². The van der Waals surface area contributed by atoms with Gasteiger partial charge in [0.05, 0.1) is 19.8 Å². The van der Waals surface area contributed by atoms with Gasteiger partial charge in [-0.15, -0.1) is 12.3 Å². The van der Waals surface area contributed by atoms with Crippen molar-refractivity contribution < 1.29 is 9.47 Å². The second kappa shape index (κ2) is 9.57. The highest BCUT2D eigenvalue weighted by Crippen LogP contribution is 1.98. The average Bonchev–Trinajstić information content (AvgIpc) is 2.09. The molecule has 0 amide bonds. The first-order valence-electron chi connectivity index (χ1n) is 4.86. The van der Waals surface area contributed by atoms with E-state index >= 15 is 0 Å². The molecule has 0 aliphatic rings. The van der Waals surface area contributed by atoms with Gasteiger partial charge in [0.1, 0.15) is 0 Å². The van der Waals surface area contributed by atoms with E-state index in [2.05, 4.69) is 19.8 Å². The predicted octanol–water partition coefficient (Wildman–Crippen LogP) is 2.09. The molecule has 2 heteroatoms. The number of hydrogen-bond acceptors (Lipinski definition) is 2. The number of hydrogen-bond donors (Lipinski definition) is 0. The zero-order chi connectivity index (χ0) is 9.94. The van der Waals surface area contributed by atoms with Gasteiger partial charge in [0, 0.05) is 13.0 Å². The minimum absolute atomic E-state index is 0.643. The van der Waals surface area contributed by atoms with Crippen LogP contribution in [-0.2, 0) is 9.47 Å². The summed E-state index contributed by atoms with van der Waals surface area (Å²) < 4.78 is 10.6. The lowest BCUT2D eigenvalue weighted by atomic mass is 10.1. The summed E-state index contributed by atoms with van der Waals surface area (Å²) in [5, 5.41) is 0. The molecule has 0 atom stereocenters. The molecule has 0 unspecified atom stereocenters. The largest absolute Gasteiger partial charge is 0.379 e. The third-order valence-corrected chi connectivity index (χ3v) is 1.60. The Morgan fingerprint density at radius 1 is 1.08 bits per heavy atom. The first-order valence-corrected chi connectivity index (χ1v) is 4.86. The van der Waals surface area contributed by atoms with E-state index in [4.69, 9.17) is 15.9 Å². The van der Waals surface area contributed by atoms with Crippen LogP contribution >= 0.6 is 0 Å². The van der Waals surface area contributed by atoms with E-state index in [-0.39, 0.29) is 0 Å². The van der Waals surface area contributed by atoms with E-state index < -0.39 is 0 Å². The van der Waals surface area contributed by atoms with Crippen LogP contribution in [0.1, 0.15) is 26.7 Å². The van der Waals surface area contributed by atoms with Crippen LogP contribution in [0.25, 0.3) is 0 Å². The third-order valence-electron chi connectivity index (χ3n) is 1.60. The Morgan fingerprint density at radius 2 is 1.69 bits per heavy atom. The van der Waals surface area contributed by atoms with Gasteiger partial charge in [0.2, 0.25) is 0 Å². The highest BCUT2D eigenvalue weighted by molar-refractivity contribution is 4.82. The van der Waals surface area contributed by atoms with Crippen molar-refractivity contribution in [3.05, 3.63) is 0 Å². The van der Waals surface area contributed by atoms with Gasteiger partial charge in [-0.1, -0.05) is 13.8 Å². The van der Waals surface area contributed by atoms with Crippen molar-refractivity contribution in [3.63, 3.8) is 0 Å². The quantitative estimate of drug-likeness (QED) is 0.425. The zero-order valence-electron chi connectivity index (χ0n) is 8.71. The van der Waals surface area contributed by atoms with Crippen LogP contribution in [0.15, 0.2) is 0 Å². The fourth-order valence-electron chi connectivity index (χ4n) is 0.772. The van der Waals surface area contributed by atoms with Gasteiger partial charge >= 0.3 is 0 Å². The predicted molar refractivity (Wildman–Crippen MR) is 54.5 cm³/mol. The lowest BCUT2D eigenvalue weighted by Gasteiger charge is -2.06. The fraction of sp³-hybridized carbons (Fsp3) is 0.818. The van der Waals surface area contributed by atoms with E-state index in [0.29, 0.717) is 32.2 Å². The summed E-state index contributed by atoms with van der Waals surface area (Å²) in [6.45, 7) is 7.18. The Kier molecular flexibility index (Phi) is 9.18. The Morgan fingerprint density at radius 3 is 2.23 bits per heavy atom. The summed E-state index contributed by atoms with van der Waals surface area (Å²) in [7, 11) is 0. The normalized spacial score (nSPS) is 10.3. The summed E-state index contributed by atoms with van der Waals surface area (Å²) in [6, 6.07) is 0. The van der Waals surface area contributed by atoms with Crippen molar-refractivity contribution in [1.29, 1.82) is 0 Å². The van der Waals surface area contributed by atoms with Crippen LogP contribution < -0.4 is 0 Å². The molecule has 0 saturated carbocycles. The number of rotatable bonds is 8. The number of terminal acetylenes is 1. The van der Waals surface area contributed by atoms with Crippen molar-refractivity contribution in [1.82, 2.24) is 0 Å². The van der Waals surface area contributed by atoms with Gasteiger partial charge in [0.15, 0.2) is 0 Å². The molecule has 13 heavy (non-hydrogen) atoms. The fourth-order valence-corrected chi connectivity index (χ4v) is 0.772. The molecule has 0 aliphatic heterocycles. The average molecular weight is 184 g/mol. The Balaban J connectivity index is 2.88. The molecule has 0 saturated heterocycles. The standard InChI is InChI=1S/C11H20O2/c1-4-5-7-12-9-10-13-8-6-11(2)3/h1,11H,5-10H2,2-3H3. The molecule has 0 bridgehead atoms. The highest BCUT2D eigenvalue weighted by atomic mass is 16.5. The van der Waals surface area contributed by atoms with E-state index in [1.807, 2.05) is 0 Å². The van der Waals surface area contributed by atoms with Crippen LogP contribution in [0.4, 0.5) is 0 Å². The monoisotopic (exact) mass is 184 g/mol. The SMILES string of the molecule is C#CCCOCCOCCC(C)C. The minimum Gasteiger partial charge on any atom is -0.379 e. The maximum absolute atomic E-state index is 5.35. The summed E-state index contributed by atoms with van der Waals surface area (Å²) in [5.74, 6) is 3.23. The van der Waals surface area contributed by atoms with Gasteiger partial charge in [0.25, 0.3) is 0 Å². The van der Waals surface area contributed by atoms with E-state index in [1.165, 1.54) is 0 Å². The molecule has 0 rings (SSSR count). The topological polar surface area (TPSA) is 18.5 Å². The summed E-state index contributed by atoms with van der Waals surface area (Å²) in [5.41, 5.74) is 0. The van der Waals surface area contributed by atoms with Crippen molar-refractivity contribution in [3.8, 4) is 12.3 Å². The molecular weight excluding hydrogens is 164 g/mol. The van der Waals surface area contributed by atoms with Gasteiger partial charge < -0.3 is 9.47 Å². The summed E-state index contributed by atoms with van der Waals surface area (Å²) in [6.07, 6.45) is 6.86. The smallest absolute Gasteiger partial charge is 0.0700 e. The van der Waals surface area contributed by atoms with Crippen LogP contribution in [0.2, 0.25) is 0 Å². The van der Waals surface area contributed by atoms with Gasteiger partial charge in [-0.25, -0.2) is 0 Å². The lowest BCUT2D eigenvalue weighted by Crippen LogP contribution is -2.07. The molecule has 0 aromatic heterocycles. The molecular formula is C11H20O2. The Hall–Kier alpha value is -0.520. The third kappa shape index (κ3) is 11.5. The molecule has 0 heterocycles. The molecule has 0 radical (unpaired) electrons. The van der Waals surface area contributed by atoms with Crippen molar-refractivity contribution >= 4 is 0 Å². The molecule has 0 aromatic carbocycles. The Labute approximate surface area is 81.6 Å². The lowest BCUT2D eigenvalue weighted by molar-refractivity contribution is 0.0461. The van der Waals surface area contributed by atoms with Gasteiger partial charge in [-0.05, 0) is 12.3 Å². The molecule has 0 aromatic rings. The van der Waals surface area contributed by atoms with Crippen molar-refractivity contribution in [2.24, 2.45) is 5.92 Å². The van der Waals surface area contributed by atoms with Crippen LogP contribution in [-0.4, -0.2) is 26.4 Å². The van der Waals surface area contributed by atoms with Gasteiger partial charge in [-0.2, -0.15) is 0 Å². The van der Waals surface area contributed by atoms with Gasteiger partial charge in [-0.3, -0.25) is 0 Å². The number of ether oxygens (including phenoxy) is 2. The van der Waals surface area contributed by atoms with Crippen LogP contribution in [0, 0.1) is 18.3 Å². The maximum atomic E-state index is 5.35. The molecule has 0 aliphatic carbocycles. The summed E-state index contributed by atoms with van der Waals surface area (Å²) >= 11 is 0. The van der Waals surface area contributed by atoms with E-state index in [9.17, 15) is 0 Å². The first-order chi connectivity index (χ1) is 6.27. The molecule has 0 fully saturated rings. The van der Waals surface area contributed by atoms with Crippen LogP contribution in [0.3, 0.4) is 0 Å². The second-order valence-corrected chi connectivity index (χ2v) is 3.36. The Bertz CT molecular complexity index is 136. The van der Waals surface area contributed by atoms with Crippen molar-refractivity contribution in [2.75, 3.05) is 26.4 Å². The maximum Gasteiger partial charge on any atom is 0.0700 e. The molecule has 0 N–H and O–H groups in total. The minimum atomic E-state index is 0.643.